The topological polar surface area (TPSA) is 60.0 Å². The largest absolute Gasteiger partial charge is 0.494 e. The molecule has 0 aromatic heterocycles. The standard InChI is InChI=1S/C32H30N2O4/c1-4-34(5-2)22-15-16-25-28(17-22)37-29-19-30(36-3)27(33-20-21-11-7-6-8-12-21)18-26(29)32(25)24-14-10-9-13-23(24)31(35)38-32/h6-19,33H,4-5,20H2,1-3H3. The van der Waals surface area contributed by atoms with Gasteiger partial charge in [-0.3, -0.25) is 0 Å². The van der Waals surface area contributed by atoms with Gasteiger partial charge >= 0.3 is 5.97 Å². The molecule has 2 aliphatic heterocycles. The fraction of sp³-hybridized carbons (Fsp3) is 0.219. The SMILES string of the molecule is CCN(CC)c1ccc2c(c1)Oc1cc(OC)c(NCc3ccccc3)cc1C21OC(=O)c2ccccc21. The van der Waals surface area contributed by atoms with E-state index >= 15 is 0 Å². The number of anilines is 2. The van der Waals surface area contributed by atoms with Crippen molar-refractivity contribution in [3.8, 4) is 17.2 Å². The lowest BCUT2D eigenvalue weighted by Crippen LogP contribution is -2.33. The summed E-state index contributed by atoms with van der Waals surface area (Å²) in [7, 11) is 1.64. The van der Waals surface area contributed by atoms with Crippen LogP contribution in [0.4, 0.5) is 11.4 Å². The first-order valence-corrected chi connectivity index (χ1v) is 13.0. The molecule has 6 nitrogen and oxygen atoms in total. The van der Waals surface area contributed by atoms with Crippen LogP contribution < -0.4 is 19.7 Å². The summed E-state index contributed by atoms with van der Waals surface area (Å²) in [6.45, 7) is 6.62. The molecular formula is C32H30N2O4. The second-order valence-electron chi connectivity index (χ2n) is 9.46. The Kier molecular flexibility index (Phi) is 5.95. The van der Waals surface area contributed by atoms with Crippen molar-refractivity contribution in [2.24, 2.45) is 0 Å². The minimum absolute atomic E-state index is 0.346. The first kappa shape index (κ1) is 23.9. The molecule has 192 valence electrons. The second-order valence-corrected chi connectivity index (χ2v) is 9.46. The van der Waals surface area contributed by atoms with E-state index in [0.29, 0.717) is 29.4 Å². The van der Waals surface area contributed by atoms with E-state index in [4.69, 9.17) is 14.2 Å². The van der Waals surface area contributed by atoms with Crippen LogP contribution in [0, 0.1) is 0 Å². The molecule has 0 fully saturated rings. The van der Waals surface area contributed by atoms with Crippen LogP contribution in [0.15, 0.2) is 84.9 Å². The molecule has 2 aliphatic rings. The van der Waals surface area contributed by atoms with Crippen molar-refractivity contribution < 1.29 is 19.0 Å². The monoisotopic (exact) mass is 506 g/mol. The van der Waals surface area contributed by atoms with Crippen LogP contribution in [0.5, 0.6) is 17.2 Å². The molecule has 1 N–H and O–H groups in total. The third-order valence-electron chi connectivity index (χ3n) is 7.47. The number of fused-ring (bicyclic) bond motifs is 6. The number of benzene rings is 4. The van der Waals surface area contributed by atoms with Gasteiger partial charge in [0.2, 0.25) is 0 Å². The normalized spacial score (nSPS) is 16.7. The van der Waals surface area contributed by atoms with Crippen molar-refractivity contribution in [3.63, 3.8) is 0 Å². The molecular weight excluding hydrogens is 476 g/mol. The number of nitrogens with one attached hydrogen (secondary N) is 1. The fourth-order valence-electron chi connectivity index (χ4n) is 5.57. The van der Waals surface area contributed by atoms with E-state index in [0.717, 1.165) is 46.7 Å². The zero-order chi connectivity index (χ0) is 26.3. The molecule has 1 unspecified atom stereocenters. The third-order valence-corrected chi connectivity index (χ3v) is 7.47. The van der Waals surface area contributed by atoms with Gasteiger partial charge in [-0.2, -0.15) is 0 Å². The fourth-order valence-corrected chi connectivity index (χ4v) is 5.57. The molecule has 0 saturated carbocycles. The number of nitrogens with zero attached hydrogens (tertiary/aromatic N) is 1. The zero-order valence-corrected chi connectivity index (χ0v) is 21.8. The van der Waals surface area contributed by atoms with Gasteiger partial charge in [-0.25, -0.2) is 4.79 Å². The van der Waals surface area contributed by atoms with Gasteiger partial charge in [-0.1, -0.05) is 48.5 Å². The maximum absolute atomic E-state index is 13.2. The molecule has 4 aromatic carbocycles. The van der Waals surface area contributed by atoms with Crippen molar-refractivity contribution in [3.05, 3.63) is 113 Å². The van der Waals surface area contributed by atoms with Crippen molar-refractivity contribution in [2.75, 3.05) is 30.4 Å². The Morgan fingerprint density at radius 2 is 1.58 bits per heavy atom. The average molecular weight is 507 g/mol. The zero-order valence-electron chi connectivity index (χ0n) is 21.8. The van der Waals surface area contributed by atoms with Crippen LogP contribution in [0.3, 0.4) is 0 Å². The lowest BCUT2D eigenvalue weighted by Gasteiger charge is -2.37. The number of hydrogen-bond donors (Lipinski definition) is 1. The van der Waals surface area contributed by atoms with Gasteiger partial charge in [0.05, 0.1) is 18.4 Å². The van der Waals surface area contributed by atoms with Gasteiger partial charge in [0, 0.05) is 54.1 Å². The van der Waals surface area contributed by atoms with Crippen molar-refractivity contribution >= 4 is 17.3 Å². The number of methoxy groups -OCH3 is 1. The summed E-state index contributed by atoms with van der Waals surface area (Å²) in [5.41, 5.74) is 4.80. The molecule has 6 heteroatoms. The van der Waals surface area contributed by atoms with E-state index in [9.17, 15) is 4.79 Å². The molecule has 6 rings (SSSR count). The van der Waals surface area contributed by atoms with Gasteiger partial charge < -0.3 is 24.4 Å². The average Bonchev–Trinajstić information content (AvgIpc) is 3.25. The first-order chi connectivity index (χ1) is 18.6. The molecule has 0 radical (unpaired) electrons. The Balaban J connectivity index is 1.54. The van der Waals surface area contributed by atoms with Gasteiger partial charge in [-0.05, 0) is 43.7 Å². The highest BCUT2D eigenvalue weighted by molar-refractivity contribution is 5.97. The lowest BCUT2D eigenvalue weighted by molar-refractivity contribution is 0.0224. The van der Waals surface area contributed by atoms with Crippen LogP contribution in [0.25, 0.3) is 0 Å². The maximum Gasteiger partial charge on any atom is 0.340 e. The Morgan fingerprint density at radius 1 is 0.842 bits per heavy atom. The quantitative estimate of drug-likeness (QED) is 0.281. The molecule has 2 heterocycles. The summed E-state index contributed by atoms with van der Waals surface area (Å²) in [6, 6.07) is 27.8. The van der Waals surface area contributed by atoms with Gasteiger partial charge in [0.15, 0.2) is 5.60 Å². The number of hydrogen-bond acceptors (Lipinski definition) is 6. The van der Waals surface area contributed by atoms with Gasteiger partial charge in [-0.15, -0.1) is 0 Å². The predicted octanol–water partition coefficient (Wildman–Crippen LogP) is 6.72. The molecule has 4 aromatic rings. The molecule has 0 bridgehead atoms. The van der Waals surface area contributed by atoms with E-state index < -0.39 is 5.60 Å². The summed E-state index contributed by atoms with van der Waals surface area (Å²) >= 11 is 0. The summed E-state index contributed by atoms with van der Waals surface area (Å²) in [5.74, 6) is 1.57. The summed E-state index contributed by atoms with van der Waals surface area (Å²) in [5, 5.41) is 3.51. The molecule has 1 spiro atoms. The summed E-state index contributed by atoms with van der Waals surface area (Å²) in [6.07, 6.45) is 0. The highest BCUT2D eigenvalue weighted by atomic mass is 16.6. The number of ether oxygens (including phenoxy) is 3. The van der Waals surface area contributed by atoms with Crippen molar-refractivity contribution in [1.82, 2.24) is 0 Å². The Morgan fingerprint density at radius 3 is 2.34 bits per heavy atom. The third kappa shape index (κ3) is 3.67. The van der Waals surface area contributed by atoms with Crippen LogP contribution in [0.2, 0.25) is 0 Å². The summed E-state index contributed by atoms with van der Waals surface area (Å²) < 4.78 is 18.7. The van der Waals surface area contributed by atoms with E-state index in [2.05, 4.69) is 42.3 Å². The first-order valence-electron chi connectivity index (χ1n) is 13.0. The maximum atomic E-state index is 13.2. The highest BCUT2D eigenvalue weighted by Gasteiger charge is 2.53. The lowest BCUT2D eigenvalue weighted by atomic mass is 9.77. The summed E-state index contributed by atoms with van der Waals surface area (Å²) in [4.78, 5) is 15.5. The van der Waals surface area contributed by atoms with Crippen LogP contribution in [-0.2, 0) is 16.9 Å². The molecule has 1 atom stereocenters. The van der Waals surface area contributed by atoms with Crippen LogP contribution in [0.1, 0.15) is 46.5 Å². The van der Waals surface area contributed by atoms with Gasteiger partial charge in [0.1, 0.15) is 17.2 Å². The van der Waals surface area contributed by atoms with Crippen molar-refractivity contribution in [2.45, 2.75) is 26.0 Å². The number of carbonyl (C=O) groups excluding carboxylic acids is 1. The van der Waals surface area contributed by atoms with Gasteiger partial charge in [0.25, 0.3) is 0 Å². The Hall–Kier alpha value is -4.45. The smallest absolute Gasteiger partial charge is 0.340 e. The number of carbonyl (C=O) groups is 1. The minimum atomic E-state index is -1.13. The molecule has 0 amide bonds. The van der Waals surface area contributed by atoms with Crippen molar-refractivity contribution in [1.29, 1.82) is 0 Å². The molecule has 0 saturated heterocycles. The van der Waals surface area contributed by atoms with Crippen LogP contribution >= 0.6 is 0 Å². The van der Waals surface area contributed by atoms with E-state index in [1.807, 2.05) is 66.7 Å². The minimum Gasteiger partial charge on any atom is -0.494 e. The molecule has 0 aliphatic carbocycles. The highest BCUT2D eigenvalue weighted by Crippen LogP contribution is 2.58. The number of rotatable bonds is 7. The Labute approximate surface area is 222 Å². The van der Waals surface area contributed by atoms with E-state index in [1.54, 1.807) is 7.11 Å². The second kappa shape index (κ2) is 9.45. The molecule has 38 heavy (non-hydrogen) atoms. The number of esters is 1. The van der Waals surface area contributed by atoms with E-state index in [1.165, 1.54) is 0 Å². The van der Waals surface area contributed by atoms with Crippen LogP contribution in [-0.4, -0.2) is 26.2 Å². The van der Waals surface area contributed by atoms with E-state index in [-0.39, 0.29) is 5.97 Å². The Bertz CT molecular complexity index is 1510. The predicted molar refractivity (Wildman–Crippen MR) is 149 cm³/mol.